The highest BCUT2D eigenvalue weighted by Crippen LogP contribution is 2.14. The van der Waals surface area contributed by atoms with Crippen LogP contribution in [0.25, 0.3) is 0 Å². The van der Waals surface area contributed by atoms with Gasteiger partial charge in [-0.05, 0) is 13.8 Å². The molecule has 0 bridgehead atoms. The molecule has 0 fully saturated rings. The topological polar surface area (TPSA) is 79.7 Å². The molecular formula is C8H20N2O3. The van der Waals surface area contributed by atoms with Crippen LogP contribution in [0.4, 0.5) is 0 Å². The van der Waals surface area contributed by atoms with E-state index in [2.05, 4.69) is 0 Å². The Bertz CT molecular complexity index is 132. The van der Waals surface area contributed by atoms with E-state index in [1.54, 1.807) is 13.8 Å². The van der Waals surface area contributed by atoms with Gasteiger partial charge in [-0.2, -0.15) is 0 Å². The quantitative estimate of drug-likeness (QED) is 0.593. The summed E-state index contributed by atoms with van der Waals surface area (Å²) in [6.07, 6.45) is 0. The fourth-order valence-corrected chi connectivity index (χ4v) is 1.03. The van der Waals surface area contributed by atoms with Gasteiger partial charge in [-0.15, -0.1) is 0 Å². The van der Waals surface area contributed by atoms with Crippen LogP contribution in [-0.4, -0.2) is 25.0 Å². The maximum atomic E-state index is 5.64. The van der Waals surface area contributed by atoms with Gasteiger partial charge in [0.15, 0.2) is 0 Å². The first-order chi connectivity index (χ1) is 5.83. The first kappa shape index (κ1) is 12.8. The van der Waals surface area contributed by atoms with E-state index in [9.17, 15) is 0 Å². The predicted octanol–water partition coefficient (Wildman–Crippen LogP) is 0.341. The molecule has 0 aromatic heterocycles. The van der Waals surface area contributed by atoms with Gasteiger partial charge in [0.25, 0.3) is 0 Å². The average Bonchev–Trinajstić information content (AvgIpc) is 1.82. The van der Waals surface area contributed by atoms with Gasteiger partial charge < -0.3 is 9.47 Å². The summed E-state index contributed by atoms with van der Waals surface area (Å²) in [7, 11) is 0. The molecular weight excluding hydrogens is 172 g/mol. The molecule has 0 aliphatic rings. The molecule has 13 heavy (non-hydrogen) atoms. The van der Waals surface area contributed by atoms with E-state index < -0.39 is 11.8 Å². The molecule has 0 amide bonds. The van der Waals surface area contributed by atoms with Crippen molar-refractivity contribution >= 4 is 0 Å². The van der Waals surface area contributed by atoms with Crippen molar-refractivity contribution in [2.75, 3.05) is 13.2 Å². The number of hydrogen-bond acceptors (Lipinski definition) is 5. The predicted molar refractivity (Wildman–Crippen MR) is 49.5 cm³/mol. The van der Waals surface area contributed by atoms with Crippen molar-refractivity contribution in [3.63, 3.8) is 0 Å². The Morgan fingerprint density at radius 1 is 0.923 bits per heavy atom. The summed E-state index contributed by atoms with van der Waals surface area (Å²) in [5.41, 5.74) is 11.3. The van der Waals surface area contributed by atoms with E-state index in [1.165, 1.54) is 0 Å². The third kappa shape index (κ3) is 5.95. The molecule has 0 radical (unpaired) electrons. The highest BCUT2D eigenvalue weighted by Gasteiger charge is 2.31. The van der Waals surface area contributed by atoms with Crippen LogP contribution < -0.4 is 11.5 Å². The van der Waals surface area contributed by atoms with E-state index in [4.69, 9.17) is 25.7 Å². The Morgan fingerprint density at radius 2 is 1.23 bits per heavy atom. The summed E-state index contributed by atoms with van der Waals surface area (Å²) in [5.74, 6) is -2.43. The molecule has 5 nitrogen and oxygen atoms in total. The van der Waals surface area contributed by atoms with Crippen molar-refractivity contribution < 1.29 is 14.2 Å². The lowest BCUT2D eigenvalue weighted by molar-refractivity contribution is -0.342. The van der Waals surface area contributed by atoms with Crippen molar-refractivity contribution in [2.45, 2.75) is 39.5 Å². The van der Waals surface area contributed by atoms with E-state index in [0.29, 0.717) is 13.2 Å². The van der Waals surface area contributed by atoms with E-state index in [0.717, 1.165) is 0 Å². The molecule has 5 heteroatoms. The molecule has 0 rings (SSSR count). The van der Waals surface area contributed by atoms with E-state index >= 15 is 0 Å². The Kier molecular flexibility index (Phi) is 4.80. The normalized spacial score (nSPS) is 20.8. The standard InChI is InChI=1S/C8H20N2O3/c1-5-11-7(3,9)13-8(4,10)12-6-2/h5-6,9-10H2,1-4H3. The molecule has 0 heterocycles. The SMILES string of the molecule is CCOC(C)(N)OC(C)(N)OCC. The maximum absolute atomic E-state index is 5.64. The molecule has 2 atom stereocenters. The smallest absolute Gasteiger partial charge is 0.225 e. The summed E-state index contributed by atoms with van der Waals surface area (Å²) >= 11 is 0. The fourth-order valence-electron chi connectivity index (χ4n) is 1.03. The lowest BCUT2D eigenvalue weighted by Crippen LogP contribution is -2.54. The number of nitrogens with two attached hydrogens (primary N) is 2. The minimum atomic E-state index is -1.21. The Morgan fingerprint density at radius 3 is 1.46 bits per heavy atom. The second-order valence-electron chi connectivity index (χ2n) is 3.00. The average molecular weight is 192 g/mol. The van der Waals surface area contributed by atoms with Gasteiger partial charge in [0.1, 0.15) is 0 Å². The molecule has 0 aliphatic heterocycles. The Balaban J connectivity index is 4.07. The van der Waals surface area contributed by atoms with Gasteiger partial charge in [0, 0.05) is 27.1 Å². The maximum Gasteiger partial charge on any atom is 0.225 e. The van der Waals surface area contributed by atoms with Gasteiger partial charge in [0.2, 0.25) is 11.8 Å². The van der Waals surface area contributed by atoms with Crippen molar-refractivity contribution in [2.24, 2.45) is 11.5 Å². The highest BCUT2D eigenvalue weighted by molar-refractivity contribution is 4.59. The molecule has 4 N–H and O–H groups in total. The molecule has 0 spiro atoms. The van der Waals surface area contributed by atoms with Crippen LogP contribution in [0.5, 0.6) is 0 Å². The van der Waals surface area contributed by atoms with Gasteiger partial charge in [-0.1, -0.05) is 0 Å². The van der Waals surface area contributed by atoms with Crippen molar-refractivity contribution in [1.82, 2.24) is 0 Å². The van der Waals surface area contributed by atoms with Crippen LogP contribution in [0.15, 0.2) is 0 Å². The third-order valence-electron chi connectivity index (χ3n) is 1.27. The van der Waals surface area contributed by atoms with Gasteiger partial charge in [0.05, 0.1) is 0 Å². The second-order valence-corrected chi connectivity index (χ2v) is 3.00. The molecule has 0 saturated heterocycles. The lowest BCUT2D eigenvalue weighted by Gasteiger charge is -2.34. The summed E-state index contributed by atoms with van der Waals surface area (Å²) in [6.45, 7) is 7.72. The van der Waals surface area contributed by atoms with Crippen LogP contribution in [0.2, 0.25) is 0 Å². The lowest BCUT2D eigenvalue weighted by atomic mass is 10.5. The largest absolute Gasteiger partial charge is 0.338 e. The molecule has 0 aromatic carbocycles. The van der Waals surface area contributed by atoms with Crippen LogP contribution in [0.1, 0.15) is 27.7 Å². The Labute approximate surface area is 79.3 Å². The zero-order valence-corrected chi connectivity index (χ0v) is 8.79. The zero-order valence-electron chi connectivity index (χ0n) is 8.79. The fraction of sp³-hybridized carbons (Fsp3) is 1.00. The second kappa shape index (κ2) is 4.88. The van der Waals surface area contributed by atoms with Gasteiger partial charge in [-0.25, -0.2) is 0 Å². The molecule has 2 unspecified atom stereocenters. The van der Waals surface area contributed by atoms with E-state index in [1.807, 2.05) is 13.8 Å². The molecule has 0 aromatic rings. The monoisotopic (exact) mass is 192 g/mol. The minimum absolute atomic E-state index is 0.454. The van der Waals surface area contributed by atoms with Crippen molar-refractivity contribution in [3.05, 3.63) is 0 Å². The molecule has 0 aliphatic carbocycles. The Hall–Kier alpha value is -0.200. The number of ether oxygens (including phenoxy) is 3. The molecule has 0 saturated carbocycles. The van der Waals surface area contributed by atoms with E-state index in [-0.39, 0.29) is 0 Å². The van der Waals surface area contributed by atoms with Crippen LogP contribution in [0, 0.1) is 0 Å². The van der Waals surface area contributed by atoms with Crippen molar-refractivity contribution in [1.29, 1.82) is 0 Å². The van der Waals surface area contributed by atoms with Crippen molar-refractivity contribution in [3.8, 4) is 0 Å². The first-order valence-corrected chi connectivity index (χ1v) is 4.39. The van der Waals surface area contributed by atoms with Crippen LogP contribution in [-0.2, 0) is 14.2 Å². The third-order valence-corrected chi connectivity index (χ3v) is 1.27. The van der Waals surface area contributed by atoms with Crippen LogP contribution in [0.3, 0.4) is 0 Å². The highest BCUT2D eigenvalue weighted by atomic mass is 16.8. The number of hydrogen-bond donors (Lipinski definition) is 2. The number of rotatable bonds is 6. The summed E-state index contributed by atoms with van der Waals surface area (Å²) in [5, 5.41) is 0. The summed E-state index contributed by atoms with van der Waals surface area (Å²) < 4.78 is 15.4. The van der Waals surface area contributed by atoms with Gasteiger partial charge >= 0.3 is 0 Å². The van der Waals surface area contributed by atoms with Crippen LogP contribution >= 0.6 is 0 Å². The summed E-state index contributed by atoms with van der Waals surface area (Å²) in [6, 6.07) is 0. The summed E-state index contributed by atoms with van der Waals surface area (Å²) in [4.78, 5) is 0. The first-order valence-electron chi connectivity index (χ1n) is 4.39. The zero-order chi connectivity index (χ0) is 10.5. The minimum Gasteiger partial charge on any atom is -0.338 e. The van der Waals surface area contributed by atoms with Gasteiger partial charge in [-0.3, -0.25) is 16.2 Å². The molecule has 80 valence electrons.